The molecule has 0 saturated carbocycles. The molecule has 9 aromatic carbocycles. The van der Waals surface area contributed by atoms with Gasteiger partial charge in [-0.25, -0.2) is 9.97 Å². The summed E-state index contributed by atoms with van der Waals surface area (Å²) in [5.41, 5.74) is 10.1. The van der Waals surface area contributed by atoms with Crippen LogP contribution < -0.4 is 20.7 Å². The van der Waals surface area contributed by atoms with E-state index in [0.29, 0.717) is 0 Å². The normalized spacial score (nSPS) is 12.7. The molecule has 0 bridgehead atoms. The van der Waals surface area contributed by atoms with Gasteiger partial charge in [-0.2, -0.15) is 0 Å². The molecular formula is C54H36N2Si. The first-order chi connectivity index (χ1) is 28.3. The fourth-order valence-electron chi connectivity index (χ4n) is 9.35. The zero-order valence-corrected chi connectivity index (χ0v) is 32.2. The van der Waals surface area contributed by atoms with Crippen LogP contribution in [-0.2, 0) is 0 Å². The van der Waals surface area contributed by atoms with Gasteiger partial charge in [0.1, 0.15) is 0 Å². The number of hydrogen-bond acceptors (Lipinski definition) is 2. The number of aromatic nitrogens is 2. The van der Waals surface area contributed by atoms with E-state index < -0.39 is 8.07 Å². The third kappa shape index (κ3) is 5.24. The summed E-state index contributed by atoms with van der Waals surface area (Å²) in [4.78, 5) is 10.7. The lowest BCUT2D eigenvalue weighted by Crippen LogP contribution is -2.72. The largest absolute Gasteiger partial charge is 0.228 e. The average Bonchev–Trinajstić information content (AvgIpc) is 3.59. The van der Waals surface area contributed by atoms with Gasteiger partial charge in [-0.05, 0) is 70.6 Å². The van der Waals surface area contributed by atoms with Gasteiger partial charge < -0.3 is 0 Å². The van der Waals surface area contributed by atoms with Crippen LogP contribution in [-0.4, -0.2) is 18.0 Å². The van der Waals surface area contributed by atoms with Gasteiger partial charge >= 0.3 is 0 Å². The Kier molecular flexibility index (Phi) is 7.87. The molecule has 3 heteroatoms. The summed E-state index contributed by atoms with van der Waals surface area (Å²) in [7, 11) is -2.69. The molecule has 11 rings (SSSR count). The van der Waals surface area contributed by atoms with Gasteiger partial charge in [0.2, 0.25) is 0 Å². The molecule has 1 aliphatic heterocycles. The van der Waals surface area contributed by atoms with E-state index in [2.05, 4.69) is 206 Å². The maximum atomic E-state index is 5.35. The molecule has 0 aliphatic carbocycles. The van der Waals surface area contributed by atoms with Crippen molar-refractivity contribution in [3.63, 3.8) is 0 Å². The highest BCUT2D eigenvalue weighted by Gasteiger charge is 2.48. The predicted molar refractivity (Wildman–Crippen MR) is 241 cm³/mol. The average molecular weight is 741 g/mol. The molecule has 0 atom stereocenters. The van der Waals surface area contributed by atoms with Crippen molar-refractivity contribution < 1.29 is 0 Å². The Morgan fingerprint density at radius 3 is 1.25 bits per heavy atom. The molecule has 0 radical (unpaired) electrons. The minimum Gasteiger partial charge on any atom is -0.228 e. The second kappa shape index (κ2) is 13.5. The molecule has 0 N–H and O–H groups in total. The van der Waals surface area contributed by atoms with Gasteiger partial charge in [0, 0.05) is 16.7 Å². The first-order valence-electron chi connectivity index (χ1n) is 19.6. The van der Waals surface area contributed by atoms with Crippen molar-refractivity contribution in [3.8, 4) is 56.2 Å². The molecule has 57 heavy (non-hydrogen) atoms. The second-order valence-corrected chi connectivity index (χ2v) is 18.6. The third-order valence-corrected chi connectivity index (χ3v) is 16.6. The molecule has 1 aliphatic rings. The molecule has 10 aromatic rings. The van der Waals surface area contributed by atoms with E-state index in [0.717, 1.165) is 44.7 Å². The first-order valence-corrected chi connectivity index (χ1v) is 21.6. The van der Waals surface area contributed by atoms with Gasteiger partial charge in [-0.15, -0.1) is 0 Å². The zero-order valence-electron chi connectivity index (χ0n) is 31.2. The fourth-order valence-corrected chi connectivity index (χ4v) is 14.6. The molecule has 0 saturated heterocycles. The monoisotopic (exact) mass is 740 g/mol. The van der Waals surface area contributed by atoms with E-state index in [1.165, 1.54) is 53.8 Å². The minimum absolute atomic E-state index is 0.720. The molecule has 0 spiro atoms. The summed E-state index contributed by atoms with van der Waals surface area (Å²) in [6, 6.07) is 79.6. The van der Waals surface area contributed by atoms with Gasteiger partial charge in [0.05, 0.1) is 11.4 Å². The van der Waals surface area contributed by atoms with Crippen LogP contribution in [0.4, 0.5) is 0 Å². The van der Waals surface area contributed by atoms with Crippen LogP contribution in [0.3, 0.4) is 0 Å². The van der Waals surface area contributed by atoms with Crippen molar-refractivity contribution in [1.82, 2.24) is 9.97 Å². The Bertz CT molecular complexity index is 2950. The smallest absolute Gasteiger partial charge is 0.180 e. The Balaban J connectivity index is 1.20. The summed E-state index contributed by atoms with van der Waals surface area (Å²) in [5, 5.41) is 10.3. The van der Waals surface area contributed by atoms with E-state index in [4.69, 9.17) is 9.97 Å². The molecular weight excluding hydrogens is 705 g/mol. The Morgan fingerprint density at radius 1 is 0.298 bits per heavy atom. The number of rotatable bonds is 6. The van der Waals surface area contributed by atoms with Crippen molar-refractivity contribution in [2.75, 3.05) is 0 Å². The summed E-state index contributed by atoms with van der Waals surface area (Å²) in [5.74, 6) is 0.720. The molecule has 1 aromatic heterocycles. The predicted octanol–water partition coefficient (Wildman–Crippen LogP) is 10.8. The van der Waals surface area contributed by atoms with Gasteiger partial charge in [-0.3, -0.25) is 0 Å². The molecule has 2 nitrogen and oxygen atoms in total. The maximum absolute atomic E-state index is 5.35. The van der Waals surface area contributed by atoms with Crippen molar-refractivity contribution in [3.05, 3.63) is 218 Å². The van der Waals surface area contributed by atoms with E-state index >= 15 is 0 Å². The van der Waals surface area contributed by atoms with Gasteiger partial charge in [-0.1, -0.05) is 212 Å². The molecule has 266 valence electrons. The first kappa shape index (κ1) is 33.2. The Labute approximate surface area is 333 Å². The molecule has 0 fully saturated rings. The van der Waals surface area contributed by atoms with Crippen molar-refractivity contribution in [2.45, 2.75) is 0 Å². The highest BCUT2D eigenvalue weighted by atomic mass is 28.3. The number of nitrogens with zero attached hydrogens (tertiary/aromatic N) is 2. The van der Waals surface area contributed by atoms with Gasteiger partial charge in [0.25, 0.3) is 0 Å². The van der Waals surface area contributed by atoms with Crippen LogP contribution >= 0.6 is 0 Å². The minimum atomic E-state index is -2.69. The lowest BCUT2D eigenvalue weighted by molar-refractivity contribution is 1.19. The van der Waals surface area contributed by atoms with Crippen molar-refractivity contribution in [1.29, 1.82) is 0 Å². The van der Waals surface area contributed by atoms with Crippen molar-refractivity contribution in [2.24, 2.45) is 0 Å². The summed E-state index contributed by atoms with van der Waals surface area (Å²) >= 11 is 0. The Hall–Kier alpha value is -7.20. The third-order valence-electron chi connectivity index (χ3n) is 11.8. The topological polar surface area (TPSA) is 25.8 Å². The maximum Gasteiger partial charge on any atom is 0.180 e. The van der Waals surface area contributed by atoms with Crippen LogP contribution in [0.2, 0.25) is 0 Å². The van der Waals surface area contributed by atoms with Crippen molar-refractivity contribution >= 4 is 50.4 Å². The Morgan fingerprint density at radius 2 is 0.719 bits per heavy atom. The van der Waals surface area contributed by atoms with E-state index in [-0.39, 0.29) is 0 Å². The number of hydrogen-bond donors (Lipinski definition) is 0. The quantitative estimate of drug-likeness (QED) is 0.125. The molecule has 0 amide bonds. The van der Waals surface area contributed by atoms with Crippen LogP contribution in [0.25, 0.3) is 77.7 Å². The van der Waals surface area contributed by atoms with Crippen LogP contribution in [0.1, 0.15) is 0 Å². The lowest BCUT2D eigenvalue weighted by Gasteiger charge is -2.31. The fraction of sp³-hybridized carbons (Fsp3) is 0. The van der Waals surface area contributed by atoms with E-state index in [9.17, 15) is 0 Å². The van der Waals surface area contributed by atoms with Crippen LogP contribution in [0.15, 0.2) is 218 Å². The SMILES string of the molecule is c1ccc(-c2cc(-c3ccccc3)nc(-c3c4ccccc4c(-c4ccc5c(c4)[Si](c4ccccc4)(c4ccccc4)c4ccccc4-5)c4ccccc34)n2)cc1. The molecule has 2 heterocycles. The summed E-state index contributed by atoms with van der Waals surface area (Å²) in [6.45, 7) is 0. The lowest BCUT2D eigenvalue weighted by atomic mass is 9.87. The number of benzene rings is 9. The summed E-state index contributed by atoms with van der Waals surface area (Å²) in [6.07, 6.45) is 0. The van der Waals surface area contributed by atoms with E-state index in [1.807, 2.05) is 12.1 Å². The zero-order chi connectivity index (χ0) is 37.8. The van der Waals surface area contributed by atoms with E-state index in [1.54, 1.807) is 0 Å². The van der Waals surface area contributed by atoms with Gasteiger partial charge in [0.15, 0.2) is 13.9 Å². The standard InChI is InChI=1S/C54H36N2Si/c1-5-19-37(20-6-1)48-36-49(38-21-7-2-8-22-38)56-54(55-48)53-46-30-15-13-28-44(46)52(45-29-14-16-31-47(45)53)39-33-34-43-42-27-17-18-32-50(42)57(51(43)35-39,40-23-9-3-10-24-40)41-25-11-4-12-26-41/h1-36H. The highest BCUT2D eigenvalue weighted by molar-refractivity contribution is 7.22. The van der Waals surface area contributed by atoms with Crippen LogP contribution in [0.5, 0.6) is 0 Å². The molecule has 0 unspecified atom stereocenters. The summed E-state index contributed by atoms with van der Waals surface area (Å²) < 4.78 is 0. The van der Waals surface area contributed by atoms with Crippen LogP contribution in [0, 0.1) is 0 Å². The second-order valence-electron chi connectivity index (χ2n) is 14.8. The number of fused-ring (bicyclic) bond motifs is 5. The highest BCUT2D eigenvalue weighted by Crippen LogP contribution is 2.44.